The van der Waals surface area contributed by atoms with Crippen LogP contribution >= 0.6 is 23.4 Å². The number of carbonyl (C=O) groups is 2. The fourth-order valence-electron chi connectivity index (χ4n) is 3.61. The number of halogens is 3. The van der Waals surface area contributed by atoms with Gasteiger partial charge in [0.25, 0.3) is 0 Å². The normalized spacial score (nSPS) is 21.8. The molecule has 2 amide bonds. The van der Waals surface area contributed by atoms with E-state index < -0.39 is 22.8 Å². The number of thioether (sulfide) groups is 1. The standard InChI is InChI=1S/C23H22ClF2N3O3S/c1-13-4-6-15(10-17(13)24)27-23-29(12-16-3-2-8-32-16)22(31)20(33-23)11-21(30)28-19-7-5-14(25)9-18(19)26/h4-7,9-10,16,20H,2-3,8,11-12H2,1H3,(H,28,30). The highest BCUT2D eigenvalue weighted by atomic mass is 35.5. The van der Waals surface area contributed by atoms with E-state index in [1.807, 2.05) is 13.0 Å². The second kappa shape index (κ2) is 10.2. The molecule has 4 rings (SSSR count). The van der Waals surface area contributed by atoms with Crippen LogP contribution in [0.4, 0.5) is 20.2 Å². The number of nitrogens with zero attached hydrogens (tertiary/aromatic N) is 2. The van der Waals surface area contributed by atoms with E-state index in [1.54, 1.807) is 17.0 Å². The largest absolute Gasteiger partial charge is 0.376 e. The van der Waals surface area contributed by atoms with Crippen LogP contribution in [0.3, 0.4) is 0 Å². The molecule has 0 spiro atoms. The second-order valence-electron chi connectivity index (χ2n) is 7.89. The Kier molecular flexibility index (Phi) is 7.31. The van der Waals surface area contributed by atoms with E-state index in [4.69, 9.17) is 16.3 Å². The number of benzene rings is 2. The second-order valence-corrected chi connectivity index (χ2v) is 9.47. The number of nitrogens with one attached hydrogen (secondary N) is 1. The number of aryl methyl sites for hydroxylation is 1. The minimum absolute atomic E-state index is 0.0951. The summed E-state index contributed by atoms with van der Waals surface area (Å²) in [5.74, 6) is -2.44. The van der Waals surface area contributed by atoms with Gasteiger partial charge >= 0.3 is 0 Å². The van der Waals surface area contributed by atoms with Crippen molar-refractivity contribution in [2.45, 2.75) is 37.5 Å². The number of aliphatic imine (C=N–C) groups is 1. The zero-order chi connectivity index (χ0) is 23.5. The van der Waals surface area contributed by atoms with Crippen molar-refractivity contribution in [2.24, 2.45) is 4.99 Å². The first-order valence-corrected chi connectivity index (χ1v) is 11.8. The molecule has 2 fully saturated rings. The quantitative estimate of drug-likeness (QED) is 0.610. The van der Waals surface area contributed by atoms with E-state index in [-0.39, 0.29) is 24.1 Å². The fourth-order valence-corrected chi connectivity index (χ4v) is 4.95. The molecule has 2 aliphatic heterocycles. The van der Waals surface area contributed by atoms with Crippen molar-refractivity contribution in [3.8, 4) is 0 Å². The van der Waals surface area contributed by atoms with E-state index in [0.717, 1.165) is 30.5 Å². The Labute approximate surface area is 199 Å². The molecule has 1 N–H and O–H groups in total. The molecule has 6 nitrogen and oxygen atoms in total. The Morgan fingerprint density at radius 2 is 2.12 bits per heavy atom. The smallest absolute Gasteiger partial charge is 0.242 e. The van der Waals surface area contributed by atoms with E-state index >= 15 is 0 Å². The maximum absolute atomic E-state index is 13.9. The Morgan fingerprint density at radius 3 is 2.82 bits per heavy atom. The van der Waals surface area contributed by atoms with E-state index in [2.05, 4.69) is 10.3 Å². The highest BCUT2D eigenvalue weighted by molar-refractivity contribution is 8.15. The van der Waals surface area contributed by atoms with Crippen LogP contribution < -0.4 is 5.32 Å². The van der Waals surface area contributed by atoms with Crippen LogP contribution in [0.2, 0.25) is 5.02 Å². The van der Waals surface area contributed by atoms with Crippen molar-refractivity contribution < 1.29 is 23.1 Å². The Balaban J connectivity index is 1.52. The zero-order valence-electron chi connectivity index (χ0n) is 17.8. The van der Waals surface area contributed by atoms with Gasteiger partial charge in [0.1, 0.15) is 16.9 Å². The van der Waals surface area contributed by atoms with Gasteiger partial charge in [-0.3, -0.25) is 14.5 Å². The lowest BCUT2D eigenvalue weighted by Crippen LogP contribution is -2.38. The first-order chi connectivity index (χ1) is 15.8. The van der Waals surface area contributed by atoms with Gasteiger partial charge in [-0.05, 0) is 49.6 Å². The molecule has 0 saturated carbocycles. The van der Waals surface area contributed by atoms with Crippen LogP contribution in [0.1, 0.15) is 24.8 Å². The van der Waals surface area contributed by atoms with Crippen molar-refractivity contribution in [1.82, 2.24) is 4.90 Å². The SMILES string of the molecule is Cc1ccc(N=C2SC(CC(=O)Nc3ccc(F)cc3F)C(=O)N2CC2CCCO2)cc1Cl. The molecular formula is C23H22ClF2N3O3S. The zero-order valence-corrected chi connectivity index (χ0v) is 19.4. The van der Waals surface area contributed by atoms with Crippen LogP contribution in [-0.2, 0) is 14.3 Å². The molecular weight excluding hydrogens is 472 g/mol. The van der Waals surface area contributed by atoms with Crippen LogP contribution in [0, 0.1) is 18.6 Å². The topological polar surface area (TPSA) is 71.0 Å². The predicted octanol–water partition coefficient (Wildman–Crippen LogP) is 5.07. The molecule has 2 aromatic carbocycles. The van der Waals surface area contributed by atoms with Gasteiger partial charge in [0, 0.05) is 24.1 Å². The summed E-state index contributed by atoms with van der Waals surface area (Å²) in [6.45, 7) is 2.87. The molecule has 2 aromatic rings. The molecule has 2 unspecified atom stereocenters. The molecule has 10 heteroatoms. The van der Waals surface area contributed by atoms with Gasteiger partial charge in [0.15, 0.2) is 5.17 Å². The van der Waals surface area contributed by atoms with Gasteiger partial charge in [-0.15, -0.1) is 0 Å². The number of rotatable bonds is 6. The monoisotopic (exact) mass is 493 g/mol. The summed E-state index contributed by atoms with van der Waals surface area (Å²) in [6, 6.07) is 8.25. The van der Waals surface area contributed by atoms with Crippen molar-refractivity contribution in [3.63, 3.8) is 0 Å². The van der Waals surface area contributed by atoms with E-state index in [0.29, 0.717) is 35.1 Å². The van der Waals surface area contributed by atoms with Crippen LogP contribution in [0.25, 0.3) is 0 Å². The third-order valence-corrected chi connectivity index (χ3v) is 6.97. The maximum Gasteiger partial charge on any atom is 0.242 e. The number of hydrogen-bond donors (Lipinski definition) is 1. The summed E-state index contributed by atoms with van der Waals surface area (Å²) in [6.07, 6.45) is 1.49. The van der Waals surface area contributed by atoms with Crippen molar-refractivity contribution in [1.29, 1.82) is 0 Å². The lowest BCUT2D eigenvalue weighted by Gasteiger charge is -2.20. The van der Waals surface area contributed by atoms with Crippen molar-refractivity contribution in [2.75, 3.05) is 18.5 Å². The minimum Gasteiger partial charge on any atom is -0.376 e. The maximum atomic E-state index is 13.9. The highest BCUT2D eigenvalue weighted by Gasteiger charge is 2.40. The first kappa shape index (κ1) is 23.7. The molecule has 0 bridgehead atoms. The molecule has 0 aliphatic carbocycles. The molecule has 0 aromatic heterocycles. The summed E-state index contributed by atoms with van der Waals surface area (Å²) in [5, 5.41) is 2.70. The average molecular weight is 494 g/mol. The van der Waals surface area contributed by atoms with Gasteiger partial charge in [0.05, 0.1) is 24.0 Å². The highest BCUT2D eigenvalue weighted by Crippen LogP contribution is 2.34. The number of carbonyl (C=O) groups excluding carboxylic acids is 2. The molecule has 33 heavy (non-hydrogen) atoms. The lowest BCUT2D eigenvalue weighted by molar-refractivity contribution is -0.129. The average Bonchev–Trinajstić information content (AvgIpc) is 3.37. The summed E-state index contributed by atoms with van der Waals surface area (Å²) >= 11 is 7.39. The predicted molar refractivity (Wildman–Crippen MR) is 125 cm³/mol. The number of amides is 2. The first-order valence-electron chi connectivity index (χ1n) is 10.5. The van der Waals surface area contributed by atoms with Gasteiger partial charge < -0.3 is 10.1 Å². The molecule has 2 aliphatic rings. The van der Waals surface area contributed by atoms with E-state index in [9.17, 15) is 18.4 Å². The minimum atomic E-state index is -0.882. The molecule has 2 heterocycles. The lowest BCUT2D eigenvalue weighted by atomic mass is 10.2. The third kappa shape index (κ3) is 5.72. The summed E-state index contributed by atoms with van der Waals surface area (Å²) in [5.41, 5.74) is 1.36. The number of anilines is 1. The van der Waals surface area contributed by atoms with Gasteiger partial charge in [0.2, 0.25) is 11.8 Å². The molecule has 2 atom stereocenters. The van der Waals surface area contributed by atoms with Crippen LogP contribution in [0.5, 0.6) is 0 Å². The number of ether oxygens (including phenoxy) is 1. The van der Waals surface area contributed by atoms with Crippen molar-refractivity contribution >= 4 is 51.7 Å². The Morgan fingerprint density at radius 1 is 1.30 bits per heavy atom. The summed E-state index contributed by atoms with van der Waals surface area (Å²) in [4.78, 5) is 31.8. The van der Waals surface area contributed by atoms with Gasteiger partial charge in [-0.25, -0.2) is 13.8 Å². The van der Waals surface area contributed by atoms with Crippen LogP contribution in [0.15, 0.2) is 41.4 Å². The van der Waals surface area contributed by atoms with Gasteiger partial charge in [-0.1, -0.05) is 29.4 Å². The van der Waals surface area contributed by atoms with E-state index in [1.165, 1.54) is 11.8 Å². The van der Waals surface area contributed by atoms with Crippen molar-refractivity contribution in [3.05, 3.63) is 58.6 Å². The number of amidine groups is 1. The molecule has 174 valence electrons. The summed E-state index contributed by atoms with van der Waals surface area (Å²) < 4.78 is 32.7. The van der Waals surface area contributed by atoms with Crippen LogP contribution in [-0.4, -0.2) is 46.4 Å². The Bertz CT molecular complexity index is 1110. The van der Waals surface area contributed by atoms with Gasteiger partial charge in [-0.2, -0.15) is 0 Å². The summed E-state index contributed by atoms with van der Waals surface area (Å²) in [7, 11) is 0. The third-order valence-electron chi connectivity index (χ3n) is 5.39. The molecule has 0 radical (unpaired) electrons. The fraction of sp³-hybridized carbons (Fsp3) is 0.348. The number of hydrogen-bond acceptors (Lipinski definition) is 5. The Hall–Kier alpha value is -2.49. The molecule has 2 saturated heterocycles.